The lowest BCUT2D eigenvalue weighted by Gasteiger charge is -2.19. The molecule has 0 saturated carbocycles. The van der Waals surface area contributed by atoms with E-state index in [-0.39, 0.29) is 11.7 Å². The number of rotatable bonds is 8. The van der Waals surface area contributed by atoms with Gasteiger partial charge in [0.2, 0.25) is 0 Å². The molecule has 0 spiro atoms. The fraction of sp³-hybridized carbons (Fsp3) is 0.316. The van der Waals surface area contributed by atoms with Gasteiger partial charge in [-0.05, 0) is 41.8 Å². The van der Waals surface area contributed by atoms with Crippen molar-refractivity contribution in [3.63, 3.8) is 0 Å². The lowest BCUT2D eigenvalue weighted by molar-refractivity contribution is -0.140. The highest BCUT2D eigenvalue weighted by Gasteiger charge is 2.21. The molecule has 0 aromatic heterocycles. The van der Waals surface area contributed by atoms with E-state index >= 15 is 0 Å². The molecule has 0 aliphatic carbocycles. The Morgan fingerprint density at radius 3 is 2.52 bits per heavy atom. The van der Waals surface area contributed by atoms with E-state index in [9.17, 15) is 14.3 Å². The zero-order valence-electron chi connectivity index (χ0n) is 14.1. The predicted octanol–water partition coefficient (Wildman–Crippen LogP) is 4.37. The van der Waals surface area contributed by atoms with E-state index < -0.39 is 12.0 Å². The number of carboxylic acid groups (broad SMARTS) is 1. The van der Waals surface area contributed by atoms with Gasteiger partial charge in [0.1, 0.15) is 24.2 Å². The first-order valence-electron chi connectivity index (χ1n) is 7.98. The van der Waals surface area contributed by atoms with Gasteiger partial charge in [0, 0.05) is 16.6 Å². The number of hydrogen-bond acceptors (Lipinski definition) is 3. The minimum absolute atomic E-state index is 0.0340. The molecule has 1 atom stereocenters. The Kier molecular flexibility index (Phi) is 6.96. The van der Waals surface area contributed by atoms with E-state index in [2.05, 4.69) is 21.2 Å². The van der Waals surface area contributed by atoms with Gasteiger partial charge < -0.3 is 9.84 Å². The average Bonchev–Trinajstić information content (AvgIpc) is 2.55. The monoisotopic (exact) mass is 409 g/mol. The van der Waals surface area contributed by atoms with Gasteiger partial charge in [0.15, 0.2) is 0 Å². The Labute approximate surface area is 155 Å². The van der Waals surface area contributed by atoms with Crippen LogP contribution < -0.4 is 10.1 Å². The topological polar surface area (TPSA) is 58.6 Å². The van der Waals surface area contributed by atoms with E-state index in [1.165, 1.54) is 12.1 Å². The van der Waals surface area contributed by atoms with Crippen LogP contribution in [-0.4, -0.2) is 17.1 Å². The van der Waals surface area contributed by atoms with Crippen molar-refractivity contribution in [2.24, 2.45) is 5.92 Å². The second kappa shape index (κ2) is 8.97. The third-order valence-electron chi connectivity index (χ3n) is 3.78. The summed E-state index contributed by atoms with van der Waals surface area (Å²) in [5.74, 6) is -0.536. The summed E-state index contributed by atoms with van der Waals surface area (Å²) in [4.78, 5) is 11.3. The summed E-state index contributed by atoms with van der Waals surface area (Å²) in [5, 5.41) is 12.3. The molecule has 6 heteroatoms. The minimum atomic E-state index is -0.876. The lowest BCUT2D eigenvalue weighted by atomic mass is 10.0. The second-order valence-electron chi connectivity index (χ2n) is 6.11. The van der Waals surface area contributed by atoms with Gasteiger partial charge in [-0.3, -0.25) is 10.1 Å². The highest BCUT2D eigenvalue weighted by molar-refractivity contribution is 9.10. The van der Waals surface area contributed by atoms with Crippen LogP contribution in [0.15, 0.2) is 46.9 Å². The molecule has 2 N–H and O–H groups in total. The summed E-state index contributed by atoms with van der Waals surface area (Å²) in [5.41, 5.74) is 1.71. The molecule has 0 bridgehead atoms. The van der Waals surface area contributed by atoms with E-state index in [0.29, 0.717) is 18.9 Å². The first kappa shape index (κ1) is 19.4. The molecule has 0 saturated heterocycles. The Bertz CT molecular complexity index is 719. The molecular formula is C19H21BrFNO3. The van der Waals surface area contributed by atoms with Crippen molar-refractivity contribution < 1.29 is 19.0 Å². The van der Waals surface area contributed by atoms with Crippen molar-refractivity contribution in [1.29, 1.82) is 0 Å². The molecule has 0 aliphatic rings. The van der Waals surface area contributed by atoms with Crippen LogP contribution in [0, 0.1) is 11.7 Å². The molecule has 2 aromatic carbocycles. The average molecular weight is 410 g/mol. The molecule has 4 nitrogen and oxygen atoms in total. The molecule has 25 heavy (non-hydrogen) atoms. The summed E-state index contributed by atoms with van der Waals surface area (Å²) in [6.45, 7) is 4.39. The first-order valence-corrected chi connectivity index (χ1v) is 8.78. The van der Waals surface area contributed by atoms with Crippen LogP contribution in [0.5, 0.6) is 5.75 Å². The standard InChI is InChI=1S/C19H21BrFNO3/c1-12(2)18(19(23)24)22-10-14-9-15(20)5-8-17(14)25-11-13-3-6-16(21)7-4-13/h3-9,12,18,22H,10-11H2,1-2H3,(H,23,24). The van der Waals surface area contributed by atoms with Crippen LogP contribution >= 0.6 is 15.9 Å². The fourth-order valence-electron chi connectivity index (χ4n) is 2.40. The normalized spacial score (nSPS) is 12.2. The van der Waals surface area contributed by atoms with Crippen LogP contribution in [0.25, 0.3) is 0 Å². The summed E-state index contributed by atoms with van der Waals surface area (Å²) in [7, 11) is 0. The molecule has 1 unspecified atom stereocenters. The Balaban J connectivity index is 2.08. The Morgan fingerprint density at radius 2 is 1.92 bits per heavy atom. The number of aliphatic carboxylic acids is 1. The third-order valence-corrected chi connectivity index (χ3v) is 4.27. The van der Waals surface area contributed by atoms with E-state index in [1.54, 1.807) is 12.1 Å². The van der Waals surface area contributed by atoms with Gasteiger partial charge in [0.05, 0.1) is 0 Å². The third kappa shape index (κ3) is 5.83. The molecule has 0 radical (unpaired) electrons. The molecular weight excluding hydrogens is 389 g/mol. The van der Waals surface area contributed by atoms with Gasteiger partial charge in [0.25, 0.3) is 0 Å². The highest BCUT2D eigenvalue weighted by Crippen LogP contribution is 2.24. The van der Waals surface area contributed by atoms with Crippen LogP contribution in [0.4, 0.5) is 4.39 Å². The van der Waals surface area contributed by atoms with E-state index in [1.807, 2.05) is 32.0 Å². The van der Waals surface area contributed by atoms with Crippen LogP contribution in [-0.2, 0) is 17.9 Å². The van der Waals surface area contributed by atoms with Gasteiger partial charge >= 0.3 is 5.97 Å². The SMILES string of the molecule is CC(C)C(NCc1cc(Br)ccc1OCc1ccc(F)cc1)C(=O)O. The van der Waals surface area contributed by atoms with Gasteiger partial charge in [-0.15, -0.1) is 0 Å². The summed E-state index contributed by atoms with van der Waals surface area (Å²) in [6.07, 6.45) is 0. The maximum atomic E-state index is 13.0. The van der Waals surface area contributed by atoms with Crippen molar-refractivity contribution in [2.75, 3.05) is 0 Å². The molecule has 0 heterocycles. The molecule has 2 aromatic rings. The maximum Gasteiger partial charge on any atom is 0.320 e. The number of carboxylic acids is 1. The molecule has 0 amide bonds. The summed E-state index contributed by atoms with van der Waals surface area (Å²) in [6, 6.07) is 11.1. The molecule has 134 valence electrons. The Morgan fingerprint density at radius 1 is 1.24 bits per heavy atom. The zero-order chi connectivity index (χ0) is 18.4. The number of nitrogens with one attached hydrogen (secondary N) is 1. The zero-order valence-corrected chi connectivity index (χ0v) is 15.7. The minimum Gasteiger partial charge on any atom is -0.489 e. The van der Waals surface area contributed by atoms with Crippen molar-refractivity contribution >= 4 is 21.9 Å². The van der Waals surface area contributed by atoms with Gasteiger partial charge in [-0.25, -0.2) is 4.39 Å². The van der Waals surface area contributed by atoms with Crippen molar-refractivity contribution in [2.45, 2.75) is 33.0 Å². The van der Waals surface area contributed by atoms with Gasteiger partial charge in [-0.2, -0.15) is 0 Å². The molecule has 2 rings (SSSR count). The van der Waals surface area contributed by atoms with Crippen molar-refractivity contribution in [3.8, 4) is 5.75 Å². The Hall–Kier alpha value is -1.92. The molecule has 0 aliphatic heterocycles. The van der Waals surface area contributed by atoms with Crippen LogP contribution in [0.1, 0.15) is 25.0 Å². The highest BCUT2D eigenvalue weighted by atomic mass is 79.9. The van der Waals surface area contributed by atoms with E-state index in [0.717, 1.165) is 15.6 Å². The largest absolute Gasteiger partial charge is 0.489 e. The lowest BCUT2D eigenvalue weighted by Crippen LogP contribution is -2.40. The quantitative estimate of drug-likeness (QED) is 0.679. The van der Waals surface area contributed by atoms with E-state index in [4.69, 9.17) is 4.74 Å². The summed E-state index contributed by atoms with van der Waals surface area (Å²) >= 11 is 3.42. The molecule has 0 fully saturated rings. The van der Waals surface area contributed by atoms with Crippen LogP contribution in [0.2, 0.25) is 0 Å². The van der Waals surface area contributed by atoms with Crippen molar-refractivity contribution in [1.82, 2.24) is 5.32 Å². The second-order valence-corrected chi connectivity index (χ2v) is 7.02. The number of ether oxygens (including phenoxy) is 1. The smallest absolute Gasteiger partial charge is 0.320 e. The number of hydrogen-bond donors (Lipinski definition) is 2. The number of halogens is 2. The van der Waals surface area contributed by atoms with Gasteiger partial charge in [-0.1, -0.05) is 41.9 Å². The number of benzene rings is 2. The summed E-state index contributed by atoms with van der Waals surface area (Å²) < 4.78 is 19.7. The first-order chi connectivity index (χ1) is 11.9. The number of carbonyl (C=O) groups is 1. The maximum absolute atomic E-state index is 13.0. The van der Waals surface area contributed by atoms with Crippen LogP contribution in [0.3, 0.4) is 0 Å². The van der Waals surface area contributed by atoms with Crippen molar-refractivity contribution in [3.05, 3.63) is 63.9 Å². The fourth-order valence-corrected chi connectivity index (χ4v) is 2.81. The predicted molar refractivity (Wildman–Crippen MR) is 98.0 cm³/mol.